The van der Waals surface area contributed by atoms with Crippen molar-refractivity contribution in [3.05, 3.63) is 111 Å². The molecular weight excluding hydrogens is 800 g/mol. The molecule has 0 amide bonds. The summed E-state index contributed by atoms with van der Waals surface area (Å²) in [6.07, 6.45) is 0. The molecule has 6 rings (SSSR count). The van der Waals surface area contributed by atoms with Crippen molar-refractivity contribution in [2.45, 2.75) is 138 Å². The maximum absolute atomic E-state index is 11.0. The number of benzene rings is 6. The van der Waals surface area contributed by atoms with Crippen LogP contribution in [0.5, 0.6) is 23.0 Å². The number of aromatic hydroxyl groups is 4. The summed E-state index contributed by atoms with van der Waals surface area (Å²) >= 11 is 0. The van der Waals surface area contributed by atoms with E-state index in [1.54, 1.807) is 0 Å². The molecule has 324 valence electrons. The Hall–Kier alpha value is -5.24. The number of hydrogen-bond acceptors (Lipinski definition) is 8. The number of nitrogens with zero attached hydrogens (tertiary/aromatic N) is 4. The fourth-order valence-corrected chi connectivity index (χ4v) is 8.66. The number of azo groups is 2. The minimum Gasteiger partial charge on any atom is -0.505 e. The minimum absolute atomic E-state index is 0. The summed E-state index contributed by atoms with van der Waals surface area (Å²) in [5.74, 6) is 0.582. The van der Waals surface area contributed by atoms with Gasteiger partial charge in [-0.15, -0.1) is 20.5 Å². The number of phenols is 4. The van der Waals surface area contributed by atoms with Gasteiger partial charge in [-0.25, -0.2) is 0 Å². The Kier molecular flexibility index (Phi) is 14.0. The van der Waals surface area contributed by atoms with E-state index in [0.29, 0.717) is 22.7 Å². The number of aryl methyl sites for hydroxylation is 6. The molecule has 0 atom stereocenters. The third kappa shape index (κ3) is 7.69. The van der Waals surface area contributed by atoms with E-state index in [1.165, 1.54) is 33.4 Å². The first-order chi connectivity index (χ1) is 27.8. The normalized spacial score (nSPS) is 11.6. The molecule has 0 spiro atoms. The van der Waals surface area contributed by atoms with Crippen molar-refractivity contribution in [2.75, 3.05) is 0 Å². The molecule has 9 heteroatoms. The van der Waals surface area contributed by atoms with Gasteiger partial charge >= 0.3 is 0 Å². The zero-order chi connectivity index (χ0) is 45.3. The minimum atomic E-state index is 0. The number of phenolic OH excluding ortho intramolecular Hbond substituents is 4. The van der Waals surface area contributed by atoms with Gasteiger partial charge < -0.3 is 20.4 Å². The van der Waals surface area contributed by atoms with Gasteiger partial charge in [0, 0.05) is 27.8 Å². The summed E-state index contributed by atoms with van der Waals surface area (Å²) in [4.78, 5) is 0. The molecular formula is C52H64FeN4O4. The average molecular weight is 865 g/mol. The predicted molar refractivity (Wildman–Crippen MR) is 251 cm³/mol. The van der Waals surface area contributed by atoms with Crippen LogP contribution in [0.4, 0.5) is 22.7 Å². The zero-order valence-corrected chi connectivity index (χ0v) is 41.0. The second-order valence-electron chi connectivity index (χ2n) is 17.2. The van der Waals surface area contributed by atoms with Crippen molar-refractivity contribution in [3.8, 4) is 23.0 Å². The Morgan fingerprint density at radius 3 is 0.639 bits per heavy atom. The van der Waals surface area contributed by atoms with Gasteiger partial charge in [-0.1, -0.05) is 0 Å². The SMILES string of the molecule is Cc1c(C)c(C)c(N=Nc2c(O)c(C)c(C)c3c(C)c(C)c(C)c(C)c23)c(O)c1C.Cc1c(C)c(C)c(N=Nc2c(O)c(C)c(C)c3c(C)c(C)c(C)c(C)c23)c(O)c1C.[Fe]. The molecule has 0 unspecified atom stereocenters. The maximum atomic E-state index is 11.0. The van der Waals surface area contributed by atoms with Crippen LogP contribution in [0.3, 0.4) is 0 Å². The second-order valence-corrected chi connectivity index (χ2v) is 17.2. The van der Waals surface area contributed by atoms with E-state index in [0.717, 1.165) is 99.4 Å². The van der Waals surface area contributed by atoms with E-state index >= 15 is 0 Å². The van der Waals surface area contributed by atoms with E-state index < -0.39 is 0 Å². The summed E-state index contributed by atoms with van der Waals surface area (Å²) in [7, 11) is 0. The largest absolute Gasteiger partial charge is 0.505 e. The Morgan fingerprint density at radius 1 is 0.197 bits per heavy atom. The van der Waals surface area contributed by atoms with Gasteiger partial charge in [-0.2, -0.15) is 0 Å². The quantitative estimate of drug-likeness (QED) is 0.104. The van der Waals surface area contributed by atoms with Crippen molar-refractivity contribution in [1.82, 2.24) is 0 Å². The van der Waals surface area contributed by atoms with Crippen LogP contribution in [0.25, 0.3) is 21.5 Å². The fourth-order valence-electron chi connectivity index (χ4n) is 8.66. The summed E-state index contributed by atoms with van der Waals surface area (Å²) in [5.41, 5.74) is 22.8. The molecule has 4 N–H and O–H groups in total. The molecule has 0 fully saturated rings. The molecule has 0 aromatic heterocycles. The molecule has 0 aliphatic heterocycles. The molecule has 0 heterocycles. The zero-order valence-electron chi connectivity index (χ0n) is 39.9. The van der Waals surface area contributed by atoms with Crippen LogP contribution in [0, 0.1) is 138 Å². The topological polar surface area (TPSA) is 130 Å². The number of rotatable bonds is 4. The first kappa shape index (κ1) is 48.4. The van der Waals surface area contributed by atoms with Crippen LogP contribution in [-0.4, -0.2) is 20.4 Å². The van der Waals surface area contributed by atoms with Gasteiger partial charge in [0.05, 0.1) is 0 Å². The summed E-state index contributed by atoms with van der Waals surface area (Å²) < 4.78 is 0. The van der Waals surface area contributed by atoms with Crippen LogP contribution in [0.2, 0.25) is 0 Å². The number of fused-ring (bicyclic) bond motifs is 2. The van der Waals surface area contributed by atoms with Crippen molar-refractivity contribution >= 4 is 44.3 Å². The Bertz CT molecular complexity index is 2630. The molecule has 6 aromatic carbocycles. The van der Waals surface area contributed by atoms with Gasteiger partial charge in [-0.3, -0.25) is 0 Å². The summed E-state index contributed by atoms with van der Waals surface area (Å²) in [6, 6.07) is 0. The third-order valence-corrected chi connectivity index (χ3v) is 14.6. The molecule has 0 aliphatic rings. The Balaban J connectivity index is 0.000000264. The van der Waals surface area contributed by atoms with Gasteiger partial charge in [-0.05, 0) is 261 Å². The first-order valence-electron chi connectivity index (χ1n) is 20.7. The molecule has 0 aliphatic carbocycles. The van der Waals surface area contributed by atoms with E-state index in [4.69, 9.17) is 0 Å². The first-order valence-corrected chi connectivity index (χ1v) is 20.7. The van der Waals surface area contributed by atoms with Crippen molar-refractivity contribution in [1.29, 1.82) is 0 Å². The molecule has 0 saturated heterocycles. The van der Waals surface area contributed by atoms with Crippen molar-refractivity contribution in [2.24, 2.45) is 20.5 Å². The summed E-state index contributed by atoms with van der Waals surface area (Å²) in [5, 5.41) is 65.5. The van der Waals surface area contributed by atoms with Crippen LogP contribution in [-0.2, 0) is 17.1 Å². The van der Waals surface area contributed by atoms with Crippen molar-refractivity contribution in [3.63, 3.8) is 0 Å². The second kappa shape index (κ2) is 17.6. The van der Waals surface area contributed by atoms with E-state index in [-0.39, 0.29) is 40.1 Å². The Morgan fingerprint density at radius 2 is 0.361 bits per heavy atom. The maximum Gasteiger partial charge on any atom is 0.146 e. The Labute approximate surface area is 373 Å². The van der Waals surface area contributed by atoms with E-state index in [1.807, 2.05) is 83.1 Å². The fraction of sp³-hybridized carbons (Fsp3) is 0.385. The van der Waals surface area contributed by atoms with Gasteiger partial charge in [0.1, 0.15) is 45.7 Å². The van der Waals surface area contributed by atoms with Gasteiger partial charge in [0.2, 0.25) is 0 Å². The van der Waals surface area contributed by atoms with E-state index in [2.05, 4.69) is 75.8 Å². The molecule has 0 radical (unpaired) electrons. The van der Waals surface area contributed by atoms with Crippen LogP contribution in [0.1, 0.15) is 111 Å². The molecule has 61 heavy (non-hydrogen) atoms. The molecule has 6 aromatic rings. The van der Waals surface area contributed by atoms with Crippen LogP contribution >= 0.6 is 0 Å². The smallest absolute Gasteiger partial charge is 0.146 e. The van der Waals surface area contributed by atoms with Crippen LogP contribution < -0.4 is 0 Å². The monoisotopic (exact) mass is 864 g/mol. The molecule has 0 bridgehead atoms. The predicted octanol–water partition coefficient (Wildman–Crippen LogP) is 15.5. The van der Waals surface area contributed by atoms with Gasteiger partial charge in [0.25, 0.3) is 0 Å². The average Bonchev–Trinajstić information content (AvgIpc) is 3.22. The standard InChI is InChI=1S/2C26H32N2O2.Fe/c2*1-11-12(2)16(6)22-21(15(11)5)17(7)20(10)26(30)24(22)28-27-23-18(8)13(3)14(4)19(9)25(23)29;/h2*29-30H,1-10H3;. The third-order valence-electron chi connectivity index (χ3n) is 14.6. The summed E-state index contributed by atoms with van der Waals surface area (Å²) in [6.45, 7) is 40.5. The molecule has 8 nitrogen and oxygen atoms in total. The van der Waals surface area contributed by atoms with Crippen molar-refractivity contribution < 1.29 is 37.5 Å². The molecule has 0 saturated carbocycles. The number of hydrogen-bond donors (Lipinski definition) is 4. The van der Waals surface area contributed by atoms with Crippen LogP contribution in [0.15, 0.2) is 20.5 Å². The van der Waals surface area contributed by atoms with E-state index in [9.17, 15) is 20.4 Å². The van der Waals surface area contributed by atoms with Gasteiger partial charge in [0.15, 0.2) is 0 Å².